The van der Waals surface area contributed by atoms with Crippen LogP contribution in [0.5, 0.6) is 0 Å². The fourth-order valence-corrected chi connectivity index (χ4v) is 2.64. The summed E-state index contributed by atoms with van der Waals surface area (Å²) >= 11 is 0. The smallest absolute Gasteiger partial charge is 0.0696 e. The molecule has 0 unspecified atom stereocenters. The van der Waals surface area contributed by atoms with Crippen LogP contribution < -0.4 is 5.73 Å². The molecule has 2 aromatic rings. The molecule has 0 saturated carbocycles. The quantitative estimate of drug-likeness (QED) is 0.911. The lowest BCUT2D eigenvalue weighted by Crippen LogP contribution is -2.13. The third-order valence-corrected chi connectivity index (χ3v) is 3.80. The number of benzene rings is 1. The van der Waals surface area contributed by atoms with Gasteiger partial charge in [0.15, 0.2) is 0 Å². The molecule has 3 heteroatoms. The fraction of sp³-hybridized carbons (Fsp3) is 0.438. The van der Waals surface area contributed by atoms with Gasteiger partial charge in [-0.3, -0.25) is 0 Å². The second kappa shape index (κ2) is 5.57. The van der Waals surface area contributed by atoms with Gasteiger partial charge in [-0.2, -0.15) is 5.10 Å². The average Bonchev–Trinajstić information content (AvgIpc) is 2.72. The molecule has 3 nitrogen and oxygen atoms in total. The van der Waals surface area contributed by atoms with Crippen molar-refractivity contribution in [1.29, 1.82) is 0 Å². The monoisotopic (exact) mass is 257 g/mol. The molecule has 0 radical (unpaired) electrons. The van der Waals surface area contributed by atoms with E-state index in [4.69, 9.17) is 5.73 Å². The minimum atomic E-state index is 0.0604. The van der Waals surface area contributed by atoms with Crippen LogP contribution in [0.25, 0.3) is 5.69 Å². The maximum Gasteiger partial charge on any atom is 0.0696 e. The van der Waals surface area contributed by atoms with E-state index in [-0.39, 0.29) is 6.04 Å². The molecule has 0 aliphatic rings. The van der Waals surface area contributed by atoms with Crippen LogP contribution in [0.15, 0.2) is 24.3 Å². The van der Waals surface area contributed by atoms with E-state index >= 15 is 0 Å². The highest BCUT2D eigenvalue weighted by Gasteiger charge is 2.15. The molecule has 2 rings (SSSR count). The number of rotatable bonds is 4. The van der Waals surface area contributed by atoms with Gasteiger partial charge in [-0.1, -0.05) is 32.0 Å². The van der Waals surface area contributed by atoms with E-state index in [2.05, 4.69) is 44.9 Å². The van der Waals surface area contributed by atoms with Crippen molar-refractivity contribution in [2.75, 3.05) is 0 Å². The number of hydrogen-bond donors (Lipinski definition) is 1. The standard InChI is InChI=1S/C16H23N3/c1-5-13-11(3)18-19(12(13)4)16-10-8-7-9-14(16)15(17)6-2/h7-10,15H,5-6,17H2,1-4H3/t15-/m0/s1. The molecule has 19 heavy (non-hydrogen) atoms. The predicted octanol–water partition coefficient (Wildman–Crippen LogP) is 3.46. The van der Waals surface area contributed by atoms with Gasteiger partial charge in [0, 0.05) is 11.7 Å². The Bertz CT molecular complexity index is 569. The zero-order valence-corrected chi connectivity index (χ0v) is 12.3. The molecular weight excluding hydrogens is 234 g/mol. The summed E-state index contributed by atoms with van der Waals surface area (Å²) in [7, 11) is 0. The van der Waals surface area contributed by atoms with Crippen LogP contribution in [-0.4, -0.2) is 9.78 Å². The summed E-state index contributed by atoms with van der Waals surface area (Å²) in [6.45, 7) is 8.49. The van der Waals surface area contributed by atoms with Crippen LogP contribution in [0, 0.1) is 13.8 Å². The first-order chi connectivity index (χ1) is 9.10. The molecule has 1 atom stereocenters. The van der Waals surface area contributed by atoms with Gasteiger partial charge in [0.25, 0.3) is 0 Å². The number of aromatic nitrogens is 2. The van der Waals surface area contributed by atoms with E-state index in [1.807, 2.05) is 16.8 Å². The van der Waals surface area contributed by atoms with Gasteiger partial charge >= 0.3 is 0 Å². The van der Waals surface area contributed by atoms with Crippen molar-refractivity contribution < 1.29 is 0 Å². The zero-order valence-electron chi connectivity index (χ0n) is 12.3. The summed E-state index contributed by atoms with van der Waals surface area (Å²) in [6, 6.07) is 8.35. The first-order valence-electron chi connectivity index (χ1n) is 7.00. The Hall–Kier alpha value is -1.61. The molecule has 1 aromatic carbocycles. The van der Waals surface area contributed by atoms with Crippen molar-refractivity contribution in [2.45, 2.75) is 46.6 Å². The lowest BCUT2D eigenvalue weighted by molar-refractivity contribution is 0.683. The van der Waals surface area contributed by atoms with E-state index in [0.717, 1.165) is 24.2 Å². The van der Waals surface area contributed by atoms with Crippen LogP contribution in [-0.2, 0) is 6.42 Å². The molecule has 0 saturated heterocycles. The highest BCUT2D eigenvalue weighted by molar-refractivity contribution is 5.45. The van der Waals surface area contributed by atoms with Gasteiger partial charge in [-0.15, -0.1) is 0 Å². The summed E-state index contributed by atoms with van der Waals surface area (Å²) in [4.78, 5) is 0. The van der Waals surface area contributed by atoms with Crippen molar-refractivity contribution in [3.8, 4) is 5.69 Å². The normalized spacial score (nSPS) is 12.7. The summed E-state index contributed by atoms with van der Waals surface area (Å²) in [5.74, 6) is 0. The number of hydrogen-bond acceptors (Lipinski definition) is 2. The third kappa shape index (κ3) is 2.43. The van der Waals surface area contributed by atoms with E-state index in [1.54, 1.807) is 0 Å². The second-order valence-corrected chi connectivity index (χ2v) is 4.99. The maximum atomic E-state index is 6.22. The molecule has 2 N–H and O–H groups in total. The minimum Gasteiger partial charge on any atom is -0.324 e. The van der Waals surface area contributed by atoms with Gasteiger partial charge in [0.2, 0.25) is 0 Å². The largest absolute Gasteiger partial charge is 0.324 e. The fourth-order valence-electron chi connectivity index (χ4n) is 2.64. The van der Waals surface area contributed by atoms with Crippen LogP contribution in [0.4, 0.5) is 0 Å². The summed E-state index contributed by atoms with van der Waals surface area (Å²) < 4.78 is 2.04. The predicted molar refractivity (Wildman–Crippen MR) is 79.6 cm³/mol. The van der Waals surface area contributed by atoms with Gasteiger partial charge < -0.3 is 5.73 Å². The maximum absolute atomic E-state index is 6.22. The highest BCUT2D eigenvalue weighted by atomic mass is 15.3. The van der Waals surface area contributed by atoms with E-state index < -0.39 is 0 Å². The topological polar surface area (TPSA) is 43.8 Å². The van der Waals surface area contributed by atoms with Crippen LogP contribution in [0.2, 0.25) is 0 Å². The second-order valence-electron chi connectivity index (χ2n) is 4.99. The molecular formula is C16H23N3. The molecule has 0 fully saturated rings. The lowest BCUT2D eigenvalue weighted by Gasteiger charge is -2.16. The van der Waals surface area contributed by atoms with Crippen LogP contribution in [0.3, 0.4) is 0 Å². The van der Waals surface area contributed by atoms with Gasteiger partial charge in [-0.25, -0.2) is 4.68 Å². The number of nitrogens with two attached hydrogens (primary N) is 1. The summed E-state index contributed by atoms with van der Waals surface area (Å²) in [5.41, 5.74) is 12.2. The Morgan fingerprint density at radius 2 is 1.89 bits per heavy atom. The number of nitrogens with zero attached hydrogens (tertiary/aromatic N) is 2. The lowest BCUT2D eigenvalue weighted by atomic mass is 10.0. The highest BCUT2D eigenvalue weighted by Crippen LogP contribution is 2.25. The van der Waals surface area contributed by atoms with Crippen molar-refractivity contribution in [3.63, 3.8) is 0 Å². The Morgan fingerprint density at radius 1 is 1.21 bits per heavy atom. The molecule has 102 valence electrons. The van der Waals surface area contributed by atoms with Crippen LogP contribution >= 0.6 is 0 Å². The van der Waals surface area contributed by atoms with Crippen molar-refractivity contribution in [1.82, 2.24) is 9.78 Å². The Morgan fingerprint density at radius 3 is 2.47 bits per heavy atom. The Kier molecular flexibility index (Phi) is 4.05. The van der Waals surface area contributed by atoms with Gasteiger partial charge in [0.05, 0.1) is 11.4 Å². The SMILES string of the molecule is CCc1c(C)nn(-c2ccccc2[C@@H](N)CC)c1C. The van der Waals surface area contributed by atoms with Crippen molar-refractivity contribution in [2.24, 2.45) is 5.73 Å². The van der Waals surface area contributed by atoms with E-state index in [1.165, 1.54) is 16.8 Å². The summed E-state index contributed by atoms with van der Waals surface area (Å²) in [5, 5.41) is 4.69. The van der Waals surface area contributed by atoms with E-state index in [0.29, 0.717) is 0 Å². The Balaban J connectivity index is 2.59. The molecule has 0 bridgehead atoms. The molecule has 1 heterocycles. The molecule has 0 aliphatic heterocycles. The van der Waals surface area contributed by atoms with Crippen LogP contribution in [0.1, 0.15) is 48.8 Å². The van der Waals surface area contributed by atoms with Crippen molar-refractivity contribution >= 4 is 0 Å². The summed E-state index contributed by atoms with van der Waals surface area (Å²) in [6.07, 6.45) is 1.94. The average molecular weight is 257 g/mol. The van der Waals surface area contributed by atoms with Gasteiger partial charge in [-0.05, 0) is 43.9 Å². The molecule has 1 aromatic heterocycles. The Labute approximate surface area is 115 Å². The van der Waals surface area contributed by atoms with Crippen molar-refractivity contribution in [3.05, 3.63) is 46.8 Å². The van der Waals surface area contributed by atoms with Gasteiger partial charge in [0.1, 0.15) is 0 Å². The third-order valence-electron chi connectivity index (χ3n) is 3.80. The number of aryl methyl sites for hydroxylation is 1. The first kappa shape index (κ1) is 13.8. The zero-order chi connectivity index (χ0) is 14.0. The number of para-hydroxylation sites is 1. The molecule has 0 spiro atoms. The first-order valence-corrected chi connectivity index (χ1v) is 7.00. The van der Waals surface area contributed by atoms with E-state index in [9.17, 15) is 0 Å². The molecule has 0 aliphatic carbocycles. The molecule has 0 amide bonds. The minimum absolute atomic E-state index is 0.0604.